The zero-order chi connectivity index (χ0) is 30.2. The molecule has 0 heterocycles. The van der Waals surface area contributed by atoms with Crippen molar-refractivity contribution in [1.29, 1.82) is 0 Å². The normalized spacial score (nSPS) is 13.9. The highest BCUT2D eigenvalue weighted by atomic mass is 28.4. The van der Waals surface area contributed by atoms with Crippen LogP contribution in [0.15, 0.2) is 133 Å². The molecule has 0 unspecified atom stereocenters. The lowest BCUT2D eigenvalue weighted by Crippen LogP contribution is -2.67. The topological polar surface area (TPSA) is 29.5 Å². The molecule has 0 radical (unpaired) electrons. The maximum atomic E-state index is 11.2. The van der Waals surface area contributed by atoms with Gasteiger partial charge in [-0.3, -0.25) is 0 Å². The summed E-state index contributed by atoms with van der Waals surface area (Å²) in [4.78, 5) is 0. The minimum absolute atomic E-state index is 0.102. The number of aliphatic hydroxyl groups is 1. The average molecular weight is 593 g/mol. The van der Waals surface area contributed by atoms with Gasteiger partial charge in [-0.2, -0.15) is 0 Å². The maximum Gasteiger partial charge on any atom is 0.261 e. The summed E-state index contributed by atoms with van der Waals surface area (Å²) >= 11 is 0. The Labute approximate surface area is 256 Å². The predicted octanol–water partition coefficient (Wildman–Crippen LogP) is 7.49. The van der Waals surface area contributed by atoms with Gasteiger partial charge in [0.1, 0.15) is 0 Å². The van der Waals surface area contributed by atoms with Crippen LogP contribution in [0.2, 0.25) is 23.7 Å². The van der Waals surface area contributed by atoms with Crippen molar-refractivity contribution in [3.05, 3.63) is 139 Å². The molecule has 0 saturated carbocycles. The van der Waals surface area contributed by atoms with Gasteiger partial charge in [-0.05, 0) is 40.2 Å². The minimum atomic E-state index is -2.72. The first kappa shape index (κ1) is 31.9. The SMILES string of the molecule is C=C(C[C@H](O)CCc1ccccc1)[C@@H](CO[Si](c1ccccc1)(c1ccccc1)C(C)(C)C)[Si](C)(C)c1ccccc1. The molecule has 0 aliphatic carbocycles. The number of hydrogen-bond acceptors (Lipinski definition) is 2. The van der Waals surface area contributed by atoms with Gasteiger partial charge in [0.05, 0.1) is 14.2 Å². The molecule has 2 nitrogen and oxygen atoms in total. The van der Waals surface area contributed by atoms with E-state index in [-0.39, 0.29) is 10.6 Å². The van der Waals surface area contributed by atoms with Gasteiger partial charge >= 0.3 is 0 Å². The van der Waals surface area contributed by atoms with Gasteiger partial charge in [-0.1, -0.05) is 173 Å². The Kier molecular flexibility index (Phi) is 10.6. The smallest absolute Gasteiger partial charge is 0.261 e. The van der Waals surface area contributed by atoms with Gasteiger partial charge in [0.25, 0.3) is 8.32 Å². The van der Waals surface area contributed by atoms with Crippen molar-refractivity contribution in [2.24, 2.45) is 0 Å². The molecule has 0 bridgehead atoms. The second-order valence-corrected chi connectivity index (χ2v) is 22.2. The van der Waals surface area contributed by atoms with E-state index in [1.165, 1.54) is 21.1 Å². The first-order valence-corrected chi connectivity index (χ1v) is 20.2. The van der Waals surface area contributed by atoms with Crippen molar-refractivity contribution >= 4 is 32.0 Å². The largest absolute Gasteiger partial charge is 0.407 e. The summed E-state index contributed by atoms with van der Waals surface area (Å²) in [5, 5.41) is 15.1. The quantitative estimate of drug-likeness (QED) is 0.129. The molecule has 4 aromatic rings. The van der Waals surface area contributed by atoms with Crippen LogP contribution in [0.1, 0.15) is 39.2 Å². The molecule has 0 saturated heterocycles. The average Bonchev–Trinajstić information content (AvgIpc) is 2.99. The summed E-state index contributed by atoms with van der Waals surface area (Å²) in [5.41, 5.74) is 2.51. The van der Waals surface area contributed by atoms with E-state index in [9.17, 15) is 5.11 Å². The zero-order valence-corrected chi connectivity index (χ0v) is 28.1. The first-order valence-electron chi connectivity index (χ1n) is 15.3. The fourth-order valence-corrected chi connectivity index (χ4v) is 14.2. The molecule has 0 aliphatic rings. The monoisotopic (exact) mass is 592 g/mol. The molecule has 0 fully saturated rings. The van der Waals surface area contributed by atoms with E-state index in [1.807, 2.05) is 6.07 Å². The molecule has 4 heteroatoms. The fourth-order valence-electron chi connectivity index (χ4n) is 6.40. The third-order valence-corrected chi connectivity index (χ3v) is 18.0. The Bertz CT molecular complexity index is 1340. The Morgan fingerprint density at radius 3 is 1.60 bits per heavy atom. The van der Waals surface area contributed by atoms with E-state index in [0.717, 1.165) is 18.4 Å². The lowest BCUT2D eigenvalue weighted by molar-refractivity contribution is 0.162. The van der Waals surface area contributed by atoms with Gasteiger partial charge in [0, 0.05) is 12.1 Å². The van der Waals surface area contributed by atoms with Gasteiger partial charge in [-0.15, -0.1) is 0 Å². The lowest BCUT2D eigenvalue weighted by Gasteiger charge is -2.45. The summed E-state index contributed by atoms with van der Waals surface area (Å²) in [6, 6.07) is 43.0. The van der Waals surface area contributed by atoms with Crippen LogP contribution in [-0.2, 0) is 10.8 Å². The van der Waals surface area contributed by atoms with Crippen LogP contribution < -0.4 is 15.6 Å². The van der Waals surface area contributed by atoms with Crippen LogP contribution in [0.5, 0.6) is 0 Å². The molecule has 0 amide bonds. The van der Waals surface area contributed by atoms with Crippen LogP contribution >= 0.6 is 0 Å². The van der Waals surface area contributed by atoms with E-state index in [2.05, 4.69) is 156 Å². The van der Waals surface area contributed by atoms with Gasteiger partial charge in [-0.25, -0.2) is 0 Å². The van der Waals surface area contributed by atoms with Crippen molar-refractivity contribution in [3.63, 3.8) is 0 Å². The second kappa shape index (κ2) is 14.0. The van der Waals surface area contributed by atoms with E-state index in [1.54, 1.807) is 0 Å². The van der Waals surface area contributed by atoms with Crippen LogP contribution in [-0.4, -0.2) is 34.2 Å². The zero-order valence-electron chi connectivity index (χ0n) is 26.1. The molecular formula is C38H48O2Si2. The van der Waals surface area contributed by atoms with E-state index >= 15 is 0 Å². The highest BCUT2D eigenvalue weighted by Crippen LogP contribution is 2.40. The molecular weight excluding hydrogens is 545 g/mol. The molecule has 1 N–H and O–H groups in total. The third-order valence-electron chi connectivity index (χ3n) is 8.87. The molecule has 0 spiro atoms. The highest BCUT2D eigenvalue weighted by Gasteiger charge is 2.51. The van der Waals surface area contributed by atoms with Crippen LogP contribution in [0.4, 0.5) is 0 Å². The molecule has 2 atom stereocenters. The van der Waals surface area contributed by atoms with Crippen molar-refractivity contribution in [2.45, 2.75) is 69.8 Å². The van der Waals surface area contributed by atoms with Crippen LogP contribution in [0.3, 0.4) is 0 Å². The Morgan fingerprint density at radius 1 is 0.714 bits per heavy atom. The van der Waals surface area contributed by atoms with Crippen molar-refractivity contribution in [1.82, 2.24) is 0 Å². The minimum Gasteiger partial charge on any atom is -0.407 e. The number of benzene rings is 4. The van der Waals surface area contributed by atoms with Crippen molar-refractivity contribution in [2.75, 3.05) is 6.61 Å². The Hall–Kier alpha value is -3.03. The Balaban J connectivity index is 1.69. The molecule has 42 heavy (non-hydrogen) atoms. The van der Waals surface area contributed by atoms with Crippen molar-refractivity contribution < 1.29 is 9.53 Å². The number of rotatable bonds is 13. The van der Waals surface area contributed by atoms with Crippen LogP contribution in [0, 0.1) is 0 Å². The van der Waals surface area contributed by atoms with E-state index in [0.29, 0.717) is 13.0 Å². The predicted molar refractivity (Wildman–Crippen MR) is 185 cm³/mol. The molecule has 220 valence electrons. The molecule has 0 aliphatic heterocycles. The number of aryl methyl sites for hydroxylation is 1. The van der Waals surface area contributed by atoms with Crippen molar-refractivity contribution in [3.8, 4) is 0 Å². The fraction of sp³-hybridized carbons (Fsp3) is 0.316. The summed E-state index contributed by atoms with van der Waals surface area (Å²) in [5.74, 6) is 0. The maximum absolute atomic E-state index is 11.2. The summed E-state index contributed by atoms with van der Waals surface area (Å²) in [7, 11) is -4.82. The van der Waals surface area contributed by atoms with E-state index < -0.39 is 22.5 Å². The standard InChI is InChI=1S/C38H48O2Si2/c1-31(29-33(39)28-27-32-19-11-7-12-20-32)37(41(5,6)34-21-13-8-14-22-34)30-40-42(38(2,3)4,35-23-15-9-16-24-35)36-25-17-10-18-26-36/h7-26,33,37,39H,1,27-30H2,2-6H3/t33-,37-/m1/s1. The Morgan fingerprint density at radius 2 is 1.14 bits per heavy atom. The highest BCUT2D eigenvalue weighted by molar-refractivity contribution is 6.99. The summed E-state index contributed by atoms with van der Waals surface area (Å²) < 4.78 is 7.50. The van der Waals surface area contributed by atoms with Crippen LogP contribution in [0.25, 0.3) is 0 Å². The first-order chi connectivity index (χ1) is 20.1. The third kappa shape index (κ3) is 7.30. The van der Waals surface area contributed by atoms with Gasteiger partial charge in [0.15, 0.2) is 0 Å². The summed E-state index contributed by atoms with van der Waals surface area (Å²) in [6.45, 7) is 17.1. The molecule has 0 aromatic heterocycles. The van der Waals surface area contributed by atoms with Gasteiger partial charge in [0.2, 0.25) is 0 Å². The lowest BCUT2D eigenvalue weighted by atomic mass is 10.0. The van der Waals surface area contributed by atoms with E-state index in [4.69, 9.17) is 4.43 Å². The molecule has 4 rings (SSSR count). The summed E-state index contributed by atoms with van der Waals surface area (Å²) in [6.07, 6.45) is 1.73. The van der Waals surface area contributed by atoms with Gasteiger partial charge < -0.3 is 9.53 Å². The number of aliphatic hydroxyl groups excluding tert-OH is 1. The molecule has 4 aromatic carbocycles. The second-order valence-electron chi connectivity index (χ2n) is 13.2. The number of hydrogen-bond donors (Lipinski definition) is 1.